The number of aliphatic hydroxyl groups is 1. The summed E-state index contributed by atoms with van der Waals surface area (Å²) in [7, 11) is 0. The monoisotopic (exact) mass is 287 g/mol. The van der Waals surface area contributed by atoms with E-state index in [2.05, 4.69) is 5.32 Å². The molecule has 1 atom stereocenters. The van der Waals surface area contributed by atoms with Crippen LogP contribution in [0.4, 0.5) is 0 Å². The molecule has 0 aliphatic rings. The minimum Gasteiger partial charge on any atom is -0.467 e. The van der Waals surface area contributed by atoms with Crippen LogP contribution in [0.25, 0.3) is 0 Å². The van der Waals surface area contributed by atoms with E-state index in [9.17, 15) is 14.7 Å². The van der Waals surface area contributed by atoms with Crippen molar-refractivity contribution in [3.05, 3.63) is 60.1 Å². The molecule has 5 nitrogen and oxygen atoms in total. The van der Waals surface area contributed by atoms with Gasteiger partial charge in [0.15, 0.2) is 5.78 Å². The van der Waals surface area contributed by atoms with Gasteiger partial charge in [-0.1, -0.05) is 30.3 Å². The number of nitrogens with one attached hydrogen (secondary N) is 1. The molecule has 1 aromatic carbocycles. The SMILES string of the molecule is O=C(CCC(=O)c1ccccc1)NC(CO)c1ccco1. The number of hydrogen-bond donors (Lipinski definition) is 2. The average molecular weight is 287 g/mol. The molecule has 0 radical (unpaired) electrons. The molecule has 1 unspecified atom stereocenters. The molecule has 1 heterocycles. The predicted molar refractivity (Wildman–Crippen MR) is 76.7 cm³/mol. The van der Waals surface area contributed by atoms with Gasteiger partial charge < -0.3 is 14.8 Å². The second-order valence-electron chi connectivity index (χ2n) is 4.61. The summed E-state index contributed by atoms with van der Waals surface area (Å²) in [5, 5.41) is 11.9. The molecule has 21 heavy (non-hydrogen) atoms. The molecular formula is C16H17NO4. The summed E-state index contributed by atoms with van der Waals surface area (Å²) >= 11 is 0. The second kappa shape index (κ2) is 7.40. The Morgan fingerprint density at radius 2 is 1.86 bits per heavy atom. The summed E-state index contributed by atoms with van der Waals surface area (Å²) in [6.45, 7) is -0.258. The molecular weight excluding hydrogens is 270 g/mol. The van der Waals surface area contributed by atoms with Crippen LogP contribution in [0.2, 0.25) is 0 Å². The topological polar surface area (TPSA) is 79.5 Å². The first-order valence-corrected chi connectivity index (χ1v) is 6.72. The van der Waals surface area contributed by atoms with Gasteiger partial charge >= 0.3 is 0 Å². The maximum atomic E-state index is 11.9. The maximum absolute atomic E-state index is 11.9. The van der Waals surface area contributed by atoms with Crippen LogP contribution >= 0.6 is 0 Å². The van der Waals surface area contributed by atoms with E-state index in [0.717, 1.165) is 0 Å². The highest BCUT2D eigenvalue weighted by molar-refractivity contribution is 5.97. The molecule has 0 saturated heterocycles. The van der Waals surface area contributed by atoms with Crippen molar-refractivity contribution in [1.82, 2.24) is 5.32 Å². The molecule has 2 N–H and O–H groups in total. The summed E-state index contributed by atoms with van der Waals surface area (Å²) in [5.74, 6) is 0.110. The Morgan fingerprint density at radius 1 is 1.10 bits per heavy atom. The lowest BCUT2D eigenvalue weighted by atomic mass is 10.1. The van der Waals surface area contributed by atoms with E-state index in [4.69, 9.17) is 4.42 Å². The Hall–Kier alpha value is -2.40. The van der Waals surface area contributed by atoms with Crippen molar-refractivity contribution in [3.63, 3.8) is 0 Å². The Morgan fingerprint density at radius 3 is 2.48 bits per heavy atom. The van der Waals surface area contributed by atoms with Crippen LogP contribution in [-0.2, 0) is 4.79 Å². The molecule has 0 saturated carbocycles. The zero-order valence-corrected chi connectivity index (χ0v) is 11.5. The lowest BCUT2D eigenvalue weighted by molar-refractivity contribution is -0.122. The summed E-state index contributed by atoms with van der Waals surface area (Å²) < 4.78 is 5.14. The lowest BCUT2D eigenvalue weighted by Gasteiger charge is -2.13. The molecule has 2 rings (SSSR count). The Labute approximate surface area is 122 Å². The summed E-state index contributed by atoms with van der Waals surface area (Å²) in [6, 6.07) is 11.6. The zero-order chi connectivity index (χ0) is 15.1. The van der Waals surface area contributed by atoms with Crippen LogP contribution in [0.15, 0.2) is 53.1 Å². The van der Waals surface area contributed by atoms with E-state index in [1.165, 1.54) is 6.26 Å². The fraction of sp³-hybridized carbons (Fsp3) is 0.250. The van der Waals surface area contributed by atoms with Crippen molar-refractivity contribution in [2.75, 3.05) is 6.61 Å². The number of aliphatic hydroxyl groups excluding tert-OH is 1. The fourth-order valence-corrected chi connectivity index (χ4v) is 1.96. The molecule has 1 amide bonds. The van der Waals surface area contributed by atoms with Crippen LogP contribution in [0, 0.1) is 0 Å². The molecule has 110 valence electrons. The zero-order valence-electron chi connectivity index (χ0n) is 11.5. The highest BCUT2D eigenvalue weighted by Gasteiger charge is 2.17. The molecule has 2 aromatic rings. The number of ketones is 1. The highest BCUT2D eigenvalue weighted by atomic mass is 16.3. The molecule has 0 bridgehead atoms. The number of amides is 1. The van der Waals surface area contributed by atoms with Crippen LogP contribution in [-0.4, -0.2) is 23.4 Å². The van der Waals surface area contributed by atoms with Crippen LogP contribution in [0.3, 0.4) is 0 Å². The van der Waals surface area contributed by atoms with Crippen molar-refractivity contribution in [2.24, 2.45) is 0 Å². The largest absolute Gasteiger partial charge is 0.467 e. The minimum absolute atomic E-state index is 0.0743. The van der Waals surface area contributed by atoms with Gasteiger partial charge in [-0.2, -0.15) is 0 Å². The standard InChI is InChI=1S/C16H17NO4/c18-11-13(15-7-4-10-21-15)17-16(20)9-8-14(19)12-5-2-1-3-6-12/h1-7,10,13,18H,8-9,11H2,(H,17,20). The fourth-order valence-electron chi connectivity index (χ4n) is 1.96. The number of furan rings is 1. The van der Waals surface area contributed by atoms with Crippen LogP contribution in [0.1, 0.15) is 35.0 Å². The molecule has 0 fully saturated rings. The summed E-state index contributed by atoms with van der Waals surface area (Å²) in [6.07, 6.45) is 1.68. The normalized spacial score (nSPS) is 11.9. The first-order chi connectivity index (χ1) is 10.2. The molecule has 0 aliphatic carbocycles. The van der Waals surface area contributed by atoms with Crippen molar-refractivity contribution >= 4 is 11.7 Å². The number of carbonyl (C=O) groups excluding carboxylic acids is 2. The minimum atomic E-state index is -0.584. The van der Waals surface area contributed by atoms with Gasteiger partial charge in [-0.25, -0.2) is 0 Å². The maximum Gasteiger partial charge on any atom is 0.221 e. The third-order valence-corrected chi connectivity index (χ3v) is 3.08. The van der Waals surface area contributed by atoms with E-state index >= 15 is 0 Å². The van der Waals surface area contributed by atoms with Gasteiger partial charge in [0.2, 0.25) is 5.91 Å². The van der Waals surface area contributed by atoms with Crippen molar-refractivity contribution < 1.29 is 19.1 Å². The van der Waals surface area contributed by atoms with E-state index in [-0.39, 0.29) is 31.1 Å². The average Bonchev–Trinajstić information content (AvgIpc) is 3.05. The molecule has 0 aliphatic heterocycles. The number of hydrogen-bond acceptors (Lipinski definition) is 4. The summed E-state index contributed by atoms with van der Waals surface area (Å²) in [5.41, 5.74) is 0.593. The Balaban J connectivity index is 1.83. The number of rotatable bonds is 7. The predicted octanol–water partition coefficient (Wildman–Crippen LogP) is 2.09. The molecule has 5 heteroatoms. The third-order valence-electron chi connectivity index (χ3n) is 3.08. The van der Waals surface area contributed by atoms with Gasteiger partial charge in [-0.3, -0.25) is 9.59 Å². The van der Waals surface area contributed by atoms with Gasteiger partial charge in [0.1, 0.15) is 11.8 Å². The van der Waals surface area contributed by atoms with Gasteiger partial charge in [0.25, 0.3) is 0 Å². The van der Waals surface area contributed by atoms with E-state index in [1.54, 1.807) is 36.4 Å². The van der Waals surface area contributed by atoms with Crippen molar-refractivity contribution in [1.29, 1.82) is 0 Å². The quantitative estimate of drug-likeness (QED) is 0.764. The number of Topliss-reactive ketones (excluding diaryl/α,β-unsaturated/α-hetero) is 1. The van der Waals surface area contributed by atoms with E-state index < -0.39 is 6.04 Å². The summed E-state index contributed by atoms with van der Waals surface area (Å²) in [4.78, 5) is 23.7. The molecule has 0 spiro atoms. The second-order valence-corrected chi connectivity index (χ2v) is 4.61. The van der Waals surface area contributed by atoms with Crippen LogP contribution < -0.4 is 5.32 Å². The number of carbonyl (C=O) groups is 2. The van der Waals surface area contributed by atoms with Gasteiger partial charge in [-0.15, -0.1) is 0 Å². The first-order valence-electron chi connectivity index (χ1n) is 6.72. The van der Waals surface area contributed by atoms with Crippen LogP contribution in [0.5, 0.6) is 0 Å². The highest BCUT2D eigenvalue weighted by Crippen LogP contribution is 2.13. The third kappa shape index (κ3) is 4.29. The first kappa shape index (κ1) is 15.0. The van der Waals surface area contributed by atoms with Gasteiger partial charge in [0, 0.05) is 18.4 Å². The van der Waals surface area contributed by atoms with E-state index in [1.807, 2.05) is 6.07 Å². The van der Waals surface area contributed by atoms with Gasteiger partial charge in [0.05, 0.1) is 12.9 Å². The van der Waals surface area contributed by atoms with E-state index in [0.29, 0.717) is 11.3 Å². The molecule has 1 aromatic heterocycles. The van der Waals surface area contributed by atoms with Crippen molar-refractivity contribution in [3.8, 4) is 0 Å². The van der Waals surface area contributed by atoms with Gasteiger partial charge in [-0.05, 0) is 12.1 Å². The number of benzene rings is 1. The van der Waals surface area contributed by atoms with Crippen molar-refractivity contribution in [2.45, 2.75) is 18.9 Å². The smallest absolute Gasteiger partial charge is 0.221 e. The lowest BCUT2D eigenvalue weighted by Crippen LogP contribution is -2.30. The Bertz CT molecular complexity index is 578. The Kier molecular flexibility index (Phi) is 5.29.